The molecule has 3 rings (SSSR count). The second-order valence-corrected chi connectivity index (χ2v) is 9.74. The van der Waals surface area contributed by atoms with Crippen LogP contribution in [0.25, 0.3) is 5.65 Å². The summed E-state index contributed by atoms with van der Waals surface area (Å²) in [5.41, 5.74) is 0.143. The SMILES string of the molecule is Cc1cc(OCc2c(F)cccc2F)c2nc(C)c(C(=O)CCC(F)(F)CNC(=O)OC(C)(C)C)n2c1. The molecule has 1 aromatic carbocycles. The Kier molecular flexibility index (Phi) is 8.14. The number of benzene rings is 1. The maximum Gasteiger partial charge on any atom is 0.407 e. The van der Waals surface area contributed by atoms with E-state index in [0.717, 1.165) is 12.1 Å². The summed E-state index contributed by atoms with van der Waals surface area (Å²) in [6.45, 7) is 6.71. The molecule has 1 N–H and O–H groups in total. The number of imidazole rings is 1. The first kappa shape index (κ1) is 27.9. The van der Waals surface area contributed by atoms with Crippen LogP contribution in [-0.4, -0.2) is 39.3 Å². The molecule has 11 heteroatoms. The predicted molar refractivity (Wildman–Crippen MR) is 128 cm³/mol. The Balaban J connectivity index is 1.74. The molecule has 0 saturated heterocycles. The van der Waals surface area contributed by atoms with E-state index < -0.39 is 61.0 Å². The number of nitrogens with zero attached hydrogens (tertiary/aromatic N) is 2. The Labute approximate surface area is 211 Å². The summed E-state index contributed by atoms with van der Waals surface area (Å²) in [5, 5.41) is 2.02. The monoisotopic (exact) mass is 523 g/mol. The van der Waals surface area contributed by atoms with Crippen LogP contribution in [-0.2, 0) is 11.3 Å². The number of ketones is 1. The maximum atomic E-state index is 14.4. The van der Waals surface area contributed by atoms with Gasteiger partial charge in [-0.15, -0.1) is 0 Å². The van der Waals surface area contributed by atoms with Crippen molar-refractivity contribution >= 4 is 17.5 Å². The third-order valence-electron chi connectivity index (χ3n) is 5.30. The average molecular weight is 524 g/mol. The number of alkyl carbamates (subject to hydrolysis) is 1. The van der Waals surface area contributed by atoms with E-state index in [4.69, 9.17) is 9.47 Å². The molecule has 3 aromatic rings. The molecule has 2 heterocycles. The second kappa shape index (κ2) is 10.8. The molecule has 7 nitrogen and oxygen atoms in total. The molecule has 0 fully saturated rings. The van der Waals surface area contributed by atoms with Crippen LogP contribution in [0.2, 0.25) is 0 Å². The van der Waals surface area contributed by atoms with E-state index in [1.54, 1.807) is 46.9 Å². The lowest BCUT2D eigenvalue weighted by atomic mass is 10.1. The number of nitrogens with one attached hydrogen (secondary N) is 1. The minimum Gasteiger partial charge on any atom is -0.485 e. The van der Waals surface area contributed by atoms with E-state index in [0.29, 0.717) is 5.56 Å². The van der Waals surface area contributed by atoms with Crippen molar-refractivity contribution < 1.29 is 36.6 Å². The highest BCUT2D eigenvalue weighted by atomic mass is 19.3. The fourth-order valence-corrected chi connectivity index (χ4v) is 3.64. The number of rotatable bonds is 9. The van der Waals surface area contributed by atoms with Gasteiger partial charge in [0.1, 0.15) is 29.5 Å². The summed E-state index contributed by atoms with van der Waals surface area (Å²) in [6, 6.07) is 5.07. The lowest BCUT2D eigenvalue weighted by Crippen LogP contribution is -2.40. The van der Waals surface area contributed by atoms with Gasteiger partial charge in [0.25, 0.3) is 5.92 Å². The molecule has 0 radical (unpaired) electrons. The van der Waals surface area contributed by atoms with Crippen molar-refractivity contribution in [1.29, 1.82) is 0 Å². The zero-order valence-electron chi connectivity index (χ0n) is 21.3. The van der Waals surface area contributed by atoms with Gasteiger partial charge in [-0.3, -0.25) is 9.20 Å². The smallest absolute Gasteiger partial charge is 0.407 e. The second-order valence-electron chi connectivity index (χ2n) is 9.74. The molecular formula is C26H29F4N3O4. The quantitative estimate of drug-likeness (QED) is 0.278. The molecule has 0 atom stereocenters. The number of hydrogen-bond donors (Lipinski definition) is 1. The van der Waals surface area contributed by atoms with Gasteiger partial charge in [0.2, 0.25) is 0 Å². The normalized spacial score (nSPS) is 12.0. The van der Waals surface area contributed by atoms with Gasteiger partial charge < -0.3 is 14.8 Å². The van der Waals surface area contributed by atoms with Crippen LogP contribution in [0.4, 0.5) is 22.4 Å². The number of carbonyl (C=O) groups excluding carboxylic acids is 2. The number of ether oxygens (including phenoxy) is 2. The first-order valence-electron chi connectivity index (χ1n) is 11.6. The van der Waals surface area contributed by atoms with Crippen LogP contribution in [0.3, 0.4) is 0 Å². The molecule has 0 aliphatic heterocycles. The van der Waals surface area contributed by atoms with Crippen molar-refractivity contribution in [3.8, 4) is 5.75 Å². The van der Waals surface area contributed by atoms with Crippen molar-refractivity contribution in [1.82, 2.24) is 14.7 Å². The first-order valence-corrected chi connectivity index (χ1v) is 11.6. The van der Waals surface area contributed by atoms with Crippen molar-refractivity contribution in [2.45, 2.75) is 65.6 Å². The molecule has 0 aliphatic rings. The fourth-order valence-electron chi connectivity index (χ4n) is 3.64. The van der Waals surface area contributed by atoms with E-state index in [-0.39, 0.29) is 28.3 Å². The zero-order valence-corrected chi connectivity index (χ0v) is 21.3. The molecule has 200 valence electrons. The Morgan fingerprint density at radius 3 is 2.38 bits per heavy atom. The lowest BCUT2D eigenvalue weighted by Gasteiger charge is -2.21. The van der Waals surface area contributed by atoms with Crippen molar-refractivity contribution in [2.75, 3.05) is 6.54 Å². The minimum absolute atomic E-state index is 0.0940. The third-order valence-corrected chi connectivity index (χ3v) is 5.30. The highest BCUT2D eigenvalue weighted by Crippen LogP contribution is 2.28. The third kappa shape index (κ3) is 7.21. The van der Waals surface area contributed by atoms with Gasteiger partial charge >= 0.3 is 6.09 Å². The molecule has 0 aliphatic carbocycles. The van der Waals surface area contributed by atoms with Crippen LogP contribution in [0.15, 0.2) is 30.5 Å². The highest BCUT2D eigenvalue weighted by molar-refractivity contribution is 5.96. The number of alkyl halides is 2. The van der Waals surface area contributed by atoms with Crippen LogP contribution in [0.1, 0.15) is 60.9 Å². The number of Topliss-reactive ketones (excluding diaryl/α,β-unsaturated/α-hetero) is 1. The number of amides is 1. The van der Waals surface area contributed by atoms with E-state index in [1.807, 2.05) is 5.32 Å². The van der Waals surface area contributed by atoms with Crippen molar-refractivity contribution in [3.63, 3.8) is 0 Å². The van der Waals surface area contributed by atoms with Crippen LogP contribution < -0.4 is 10.1 Å². The van der Waals surface area contributed by atoms with Gasteiger partial charge in [-0.25, -0.2) is 27.3 Å². The highest BCUT2D eigenvalue weighted by Gasteiger charge is 2.32. The minimum atomic E-state index is -3.35. The predicted octanol–water partition coefficient (Wildman–Crippen LogP) is 5.93. The standard InChI is InChI=1S/C26H29F4N3O4/c1-15-11-21(36-13-17-18(27)7-6-8-19(17)28)23-32-16(2)22(33(23)12-15)20(34)9-10-26(29,30)14-31-24(35)37-25(3,4)5/h6-8,11-12H,9-10,13-14H2,1-5H3,(H,31,35). The topological polar surface area (TPSA) is 81.9 Å². The Morgan fingerprint density at radius 2 is 1.76 bits per heavy atom. The molecule has 37 heavy (non-hydrogen) atoms. The van der Waals surface area contributed by atoms with Gasteiger partial charge in [-0.05, 0) is 58.4 Å². The molecule has 0 spiro atoms. The van der Waals surface area contributed by atoms with E-state index in [1.165, 1.54) is 10.5 Å². The average Bonchev–Trinajstić information content (AvgIpc) is 3.10. The van der Waals surface area contributed by atoms with Gasteiger partial charge in [-0.1, -0.05) is 6.07 Å². The van der Waals surface area contributed by atoms with Crippen molar-refractivity contribution in [2.24, 2.45) is 0 Å². The summed E-state index contributed by atoms with van der Waals surface area (Å²) in [5.74, 6) is -5.28. The van der Waals surface area contributed by atoms with Crippen molar-refractivity contribution in [3.05, 3.63) is 64.6 Å². The summed E-state index contributed by atoms with van der Waals surface area (Å²) in [4.78, 5) is 29.0. The summed E-state index contributed by atoms with van der Waals surface area (Å²) >= 11 is 0. The van der Waals surface area contributed by atoms with Gasteiger partial charge in [-0.2, -0.15) is 0 Å². The Bertz CT molecular complexity index is 1300. The zero-order chi connectivity index (χ0) is 27.5. The number of fused-ring (bicyclic) bond motifs is 1. The van der Waals surface area contributed by atoms with E-state index >= 15 is 0 Å². The molecule has 0 unspecified atom stereocenters. The van der Waals surface area contributed by atoms with E-state index in [9.17, 15) is 27.2 Å². The van der Waals surface area contributed by atoms with Gasteiger partial charge in [0.05, 0.1) is 17.8 Å². The number of hydrogen-bond acceptors (Lipinski definition) is 5. The molecule has 0 saturated carbocycles. The molecular weight excluding hydrogens is 494 g/mol. The largest absolute Gasteiger partial charge is 0.485 e. The van der Waals surface area contributed by atoms with Gasteiger partial charge in [0.15, 0.2) is 17.2 Å². The Hall–Kier alpha value is -3.63. The molecule has 2 aromatic heterocycles. The van der Waals surface area contributed by atoms with Crippen LogP contribution in [0.5, 0.6) is 5.75 Å². The molecule has 0 bridgehead atoms. The van der Waals surface area contributed by atoms with Crippen LogP contribution in [0, 0.1) is 25.5 Å². The number of aryl methyl sites for hydroxylation is 2. The summed E-state index contributed by atoms with van der Waals surface area (Å²) in [6.07, 6.45) is -0.700. The van der Waals surface area contributed by atoms with Crippen LogP contribution >= 0.6 is 0 Å². The number of carbonyl (C=O) groups is 2. The lowest BCUT2D eigenvalue weighted by molar-refractivity contribution is -0.0123. The number of halogens is 4. The summed E-state index contributed by atoms with van der Waals surface area (Å²) < 4.78 is 68.7. The summed E-state index contributed by atoms with van der Waals surface area (Å²) in [7, 11) is 0. The van der Waals surface area contributed by atoms with E-state index in [2.05, 4.69) is 4.98 Å². The maximum absolute atomic E-state index is 14.4. The first-order chi connectivity index (χ1) is 17.2. The Morgan fingerprint density at radius 1 is 1.11 bits per heavy atom. The fraction of sp³-hybridized carbons (Fsp3) is 0.423. The number of pyridine rings is 1. The molecule has 1 amide bonds. The number of aromatic nitrogens is 2. The van der Waals surface area contributed by atoms with Gasteiger partial charge in [0, 0.05) is 19.0 Å².